The first-order valence-electron chi connectivity index (χ1n) is 16.7. The van der Waals surface area contributed by atoms with Crippen LogP contribution in [0.1, 0.15) is 33.4 Å². The lowest BCUT2D eigenvalue weighted by molar-refractivity contribution is 0.589. The molecule has 2 aliphatic heterocycles. The zero-order valence-electron chi connectivity index (χ0n) is 27.1. The van der Waals surface area contributed by atoms with E-state index in [9.17, 15) is 5.26 Å². The first-order chi connectivity index (χ1) is 24.5. The first-order valence-corrected chi connectivity index (χ1v) is 20.0. The quantitative estimate of drug-likeness (QED) is 0.169. The maximum Gasteiger partial charge on any atom is 0.171 e. The van der Waals surface area contributed by atoms with Gasteiger partial charge in [-0.15, -0.1) is 11.3 Å². The Labute approximate surface area is 299 Å². The Morgan fingerprint density at radius 1 is 0.580 bits per heavy atom. The third kappa shape index (κ3) is 4.00. The van der Waals surface area contributed by atoms with E-state index in [2.05, 4.69) is 109 Å². The fourth-order valence-electron chi connectivity index (χ4n) is 8.40. The molecule has 0 radical (unpaired) electrons. The maximum absolute atomic E-state index is 16.3. The van der Waals surface area contributed by atoms with Gasteiger partial charge in [0, 0.05) is 45.9 Å². The highest BCUT2D eigenvalue weighted by Crippen LogP contribution is 2.62. The molecule has 0 fully saturated rings. The standard InChI is InChI=1S/C45H28NOPS2/c1-28-21-29(27-46)23-31(22-28)30-19-20-37-44(24-30)50-42-18-10-7-15-36(42)45(37)35-14-6-8-16-39(35)48(47,32-11-3-2-4-12-32)40-26-43-34(25-38(40)45)33-13-5-9-17-41(33)49-43/h2-26H,1H3. The molecule has 0 amide bonds. The third-order valence-corrected chi connectivity index (χ3v) is 15.9. The van der Waals surface area contributed by atoms with E-state index in [4.69, 9.17) is 0 Å². The second-order valence-electron chi connectivity index (χ2n) is 13.2. The topological polar surface area (TPSA) is 40.9 Å². The van der Waals surface area contributed by atoms with Gasteiger partial charge in [-0.2, -0.15) is 5.26 Å². The van der Waals surface area contributed by atoms with Crippen LogP contribution in [-0.4, -0.2) is 0 Å². The number of thiophene rings is 1. The lowest BCUT2D eigenvalue weighted by Gasteiger charge is -2.48. The van der Waals surface area contributed by atoms with E-state index in [-0.39, 0.29) is 0 Å². The molecule has 2 nitrogen and oxygen atoms in total. The summed E-state index contributed by atoms with van der Waals surface area (Å²) in [6.07, 6.45) is 0. The van der Waals surface area contributed by atoms with Crippen molar-refractivity contribution in [2.75, 3.05) is 0 Å². The van der Waals surface area contributed by atoms with Crippen LogP contribution in [0.4, 0.5) is 0 Å². The number of nitrogens with zero attached hydrogens (tertiary/aromatic N) is 1. The number of hydrogen-bond acceptors (Lipinski definition) is 4. The Morgan fingerprint density at radius 3 is 2.18 bits per heavy atom. The number of benzene rings is 7. The van der Waals surface area contributed by atoms with Crippen molar-refractivity contribution in [3.05, 3.63) is 185 Å². The molecule has 5 heteroatoms. The molecule has 0 bridgehead atoms. The highest BCUT2D eigenvalue weighted by Gasteiger charge is 2.54. The lowest BCUT2D eigenvalue weighted by Crippen LogP contribution is -2.48. The van der Waals surface area contributed by atoms with Crippen LogP contribution in [-0.2, 0) is 9.98 Å². The molecule has 1 spiro atoms. The minimum atomic E-state index is -3.31. The van der Waals surface area contributed by atoms with Crippen molar-refractivity contribution in [3.8, 4) is 17.2 Å². The van der Waals surface area contributed by atoms with Gasteiger partial charge in [0.15, 0.2) is 7.14 Å². The van der Waals surface area contributed by atoms with E-state index in [0.29, 0.717) is 5.56 Å². The molecular formula is C45H28NOPS2. The molecule has 10 rings (SSSR count). The van der Waals surface area contributed by atoms with Crippen molar-refractivity contribution in [1.82, 2.24) is 0 Å². The highest BCUT2D eigenvalue weighted by molar-refractivity contribution is 7.99. The number of nitriles is 1. The fraction of sp³-hybridized carbons (Fsp3) is 0.0444. The van der Waals surface area contributed by atoms with Gasteiger partial charge in [0.25, 0.3) is 0 Å². The summed E-state index contributed by atoms with van der Waals surface area (Å²) in [5, 5.41) is 14.8. The molecule has 0 N–H and O–H groups in total. The van der Waals surface area contributed by atoms with E-state index < -0.39 is 12.6 Å². The molecule has 2 aliphatic rings. The summed E-state index contributed by atoms with van der Waals surface area (Å²) in [5.74, 6) is 0. The number of rotatable bonds is 2. The largest absolute Gasteiger partial charge is 0.309 e. The molecule has 0 saturated carbocycles. The van der Waals surface area contributed by atoms with Gasteiger partial charge in [-0.3, -0.25) is 0 Å². The summed E-state index contributed by atoms with van der Waals surface area (Å²) in [6.45, 7) is 2.04. The molecule has 236 valence electrons. The fourth-order valence-corrected chi connectivity index (χ4v) is 14.0. The number of aryl methyl sites for hydroxylation is 1. The summed E-state index contributed by atoms with van der Waals surface area (Å²) in [7, 11) is -3.31. The van der Waals surface area contributed by atoms with Gasteiger partial charge in [0.2, 0.25) is 0 Å². The summed E-state index contributed by atoms with van der Waals surface area (Å²) < 4.78 is 18.7. The molecule has 8 aromatic rings. The van der Waals surface area contributed by atoms with Gasteiger partial charge >= 0.3 is 0 Å². The minimum Gasteiger partial charge on any atom is -0.309 e. The van der Waals surface area contributed by atoms with E-state index in [1.54, 1.807) is 23.1 Å². The van der Waals surface area contributed by atoms with Gasteiger partial charge < -0.3 is 4.57 Å². The second kappa shape index (κ2) is 10.9. The van der Waals surface area contributed by atoms with Crippen molar-refractivity contribution in [2.24, 2.45) is 0 Å². The highest BCUT2D eigenvalue weighted by atomic mass is 32.2. The van der Waals surface area contributed by atoms with Crippen LogP contribution in [0.3, 0.4) is 0 Å². The van der Waals surface area contributed by atoms with Crippen molar-refractivity contribution >= 4 is 66.3 Å². The van der Waals surface area contributed by atoms with Crippen LogP contribution < -0.4 is 15.9 Å². The lowest BCUT2D eigenvalue weighted by atomic mass is 9.64. The molecule has 0 saturated heterocycles. The van der Waals surface area contributed by atoms with Gasteiger partial charge in [0.05, 0.1) is 17.0 Å². The van der Waals surface area contributed by atoms with E-state index in [1.807, 2.05) is 55.5 Å². The van der Waals surface area contributed by atoms with Crippen molar-refractivity contribution in [1.29, 1.82) is 5.26 Å². The van der Waals surface area contributed by atoms with Gasteiger partial charge in [-0.05, 0) is 88.3 Å². The number of hydrogen-bond donors (Lipinski definition) is 0. The summed E-state index contributed by atoms with van der Waals surface area (Å²) >= 11 is 3.57. The van der Waals surface area contributed by atoms with Crippen LogP contribution in [0.5, 0.6) is 0 Å². The third-order valence-electron chi connectivity index (χ3n) is 10.4. The van der Waals surface area contributed by atoms with Crippen molar-refractivity contribution in [2.45, 2.75) is 22.1 Å². The van der Waals surface area contributed by atoms with Crippen LogP contribution >= 0.6 is 30.2 Å². The molecule has 2 atom stereocenters. The number of fused-ring (bicyclic) bond motifs is 11. The predicted molar refractivity (Wildman–Crippen MR) is 210 cm³/mol. The second-order valence-corrected chi connectivity index (χ2v) is 18.1. The van der Waals surface area contributed by atoms with Crippen molar-refractivity contribution in [3.63, 3.8) is 0 Å². The molecule has 7 aromatic carbocycles. The summed E-state index contributed by atoms with van der Waals surface area (Å²) in [6, 6.07) is 55.7. The normalized spacial score (nSPS) is 18.6. The van der Waals surface area contributed by atoms with Crippen molar-refractivity contribution < 1.29 is 4.57 Å². The average Bonchev–Trinajstić information content (AvgIpc) is 3.53. The smallest absolute Gasteiger partial charge is 0.171 e. The van der Waals surface area contributed by atoms with E-state index in [1.165, 1.54) is 31.5 Å². The Bertz CT molecular complexity index is 2810. The summed E-state index contributed by atoms with van der Waals surface area (Å²) in [4.78, 5) is 2.35. The Morgan fingerprint density at radius 2 is 1.32 bits per heavy atom. The minimum absolute atomic E-state index is 0.658. The van der Waals surface area contributed by atoms with Crippen LogP contribution in [0.25, 0.3) is 31.3 Å². The van der Waals surface area contributed by atoms with Crippen LogP contribution in [0.2, 0.25) is 0 Å². The Hall–Kier alpha value is -5.17. The molecule has 3 heterocycles. The average molecular weight is 694 g/mol. The Balaban J connectivity index is 1.37. The predicted octanol–water partition coefficient (Wildman–Crippen LogP) is 10.7. The maximum atomic E-state index is 16.3. The van der Waals surface area contributed by atoms with Crippen LogP contribution in [0, 0.1) is 18.3 Å². The van der Waals surface area contributed by atoms with Gasteiger partial charge in [-0.1, -0.05) is 121 Å². The zero-order chi connectivity index (χ0) is 33.6. The zero-order valence-corrected chi connectivity index (χ0v) is 29.6. The molecule has 1 aromatic heterocycles. The van der Waals surface area contributed by atoms with E-state index in [0.717, 1.165) is 53.3 Å². The van der Waals surface area contributed by atoms with Crippen LogP contribution in [0.15, 0.2) is 161 Å². The molecule has 2 unspecified atom stereocenters. The molecule has 50 heavy (non-hydrogen) atoms. The van der Waals surface area contributed by atoms with Gasteiger partial charge in [-0.25, -0.2) is 0 Å². The van der Waals surface area contributed by atoms with Gasteiger partial charge in [0.1, 0.15) is 0 Å². The SMILES string of the molecule is Cc1cc(C#N)cc(-c2ccc3c(c2)Sc2ccccc2C32c3ccccc3P(=O)(c3ccccc3)c3cc4sc5ccccc5c4cc32)c1. The first kappa shape index (κ1) is 29.7. The molecule has 0 aliphatic carbocycles. The summed E-state index contributed by atoms with van der Waals surface area (Å²) in [5.41, 5.74) is 7.66. The monoisotopic (exact) mass is 693 g/mol. The Kier molecular flexibility index (Phi) is 6.49. The molecular weight excluding hydrogens is 666 g/mol. The van der Waals surface area contributed by atoms with E-state index >= 15 is 4.57 Å².